The highest BCUT2D eigenvalue weighted by molar-refractivity contribution is 6.39. The molecule has 2 amide bonds. The van der Waals surface area contributed by atoms with Crippen LogP contribution in [0.25, 0.3) is 22.6 Å². The van der Waals surface area contributed by atoms with Crippen molar-refractivity contribution in [2.75, 3.05) is 5.32 Å². The second-order valence-corrected chi connectivity index (χ2v) is 11.9. The molecule has 3 fully saturated rings. The average molecular weight is 595 g/mol. The minimum absolute atomic E-state index is 0.0276. The van der Waals surface area contributed by atoms with Gasteiger partial charge in [0, 0.05) is 47.4 Å². The Morgan fingerprint density at radius 2 is 1.80 bits per heavy atom. The normalized spacial score (nSPS) is 21.8. The van der Waals surface area contributed by atoms with Gasteiger partial charge in [-0.2, -0.15) is 0 Å². The Bertz CT molecular complexity index is 1570. The van der Waals surface area contributed by atoms with Crippen molar-refractivity contribution < 1.29 is 14.1 Å². The van der Waals surface area contributed by atoms with Gasteiger partial charge in [0.05, 0.1) is 22.8 Å². The zero-order valence-electron chi connectivity index (χ0n) is 22.5. The summed E-state index contributed by atoms with van der Waals surface area (Å²) in [6, 6.07) is 13.2. The Balaban J connectivity index is 1.03. The predicted octanol–water partition coefficient (Wildman–Crippen LogP) is 6.46. The van der Waals surface area contributed by atoms with Crippen LogP contribution in [0.15, 0.2) is 47.0 Å². The lowest BCUT2D eigenvalue weighted by Crippen LogP contribution is -2.50. The van der Waals surface area contributed by atoms with Gasteiger partial charge in [-0.3, -0.25) is 0 Å². The molecule has 4 aromatic rings. The van der Waals surface area contributed by atoms with E-state index < -0.39 is 0 Å². The van der Waals surface area contributed by atoms with Crippen LogP contribution < -0.4 is 5.32 Å². The third kappa shape index (κ3) is 5.09. The van der Waals surface area contributed by atoms with Gasteiger partial charge in [0.15, 0.2) is 5.82 Å². The standard InChI is InChI=1S/C29H29Cl2N7O3/c1-37-28(33-35-36-37)17-4-2-5-18(12-17)32-29(39)38-19-10-11-20(38)14-21(13-19)40-15-22-26(34-41-27(22)16-8-9-16)25-23(30)6-3-7-24(25)31/h2-7,12,16,19-21H,8-11,13-15H2,1H3,(H,32,39)/t19-,20?,21?/m0/s1. The number of carbonyl (C=O) groups excluding carboxylic acids is 1. The van der Waals surface area contributed by atoms with Crippen LogP contribution in [0, 0.1) is 0 Å². The van der Waals surface area contributed by atoms with Crippen molar-refractivity contribution >= 4 is 34.9 Å². The van der Waals surface area contributed by atoms with E-state index in [1.54, 1.807) is 23.9 Å². The van der Waals surface area contributed by atoms with Crippen LogP contribution in [0.2, 0.25) is 10.0 Å². The molecule has 2 aliphatic heterocycles. The number of urea groups is 1. The number of fused-ring (bicyclic) bond motifs is 2. The van der Waals surface area contributed by atoms with Gasteiger partial charge in [-0.15, -0.1) is 5.10 Å². The van der Waals surface area contributed by atoms with Gasteiger partial charge in [0.1, 0.15) is 11.5 Å². The molecule has 0 radical (unpaired) electrons. The van der Waals surface area contributed by atoms with Crippen molar-refractivity contribution in [1.82, 2.24) is 30.3 Å². The second-order valence-electron chi connectivity index (χ2n) is 11.1. The van der Waals surface area contributed by atoms with Crippen LogP contribution in [0.4, 0.5) is 10.5 Å². The number of anilines is 1. The number of rotatable bonds is 7. The molecule has 1 saturated carbocycles. The third-order valence-corrected chi connectivity index (χ3v) is 8.98. The molecule has 2 saturated heterocycles. The number of hydrogen-bond donors (Lipinski definition) is 1. The van der Waals surface area contributed by atoms with Crippen molar-refractivity contribution in [3.8, 4) is 22.6 Å². The van der Waals surface area contributed by atoms with Gasteiger partial charge in [0.25, 0.3) is 0 Å². The number of benzene rings is 2. The summed E-state index contributed by atoms with van der Waals surface area (Å²) in [6.45, 7) is 0.367. The summed E-state index contributed by atoms with van der Waals surface area (Å²) >= 11 is 13.0. The first-order chi connectivity index (χ1) is 20.0. The van der Waals surface area contributed by atoms with Crippen LogP contribution in [0.5, 0.6) is 0 Å². The first-order valence-corrected chi connectivity index (χ1v) is 14.7. The van der Waals surface area contributed by atoms with Crippen LogP contribution in [-0.4, -0.2) is 54.5 Å². The number of halogens is 2. The number of piperidine rings is 1. The highest BCUT2D eigenvalue weighted by atomic mass is 35.5. The lowest BCUT2D eigenvalue weighted by molar-refractivity contribution is -0.0158. The monoisotopic (exact) mass is 593 g/mol. The van der Waals surface area contributed by atoms with Crippen LogP contribution in [0.3, 0.4) is 0 Å². The number of tetrazole rings is 1. The van der Waals surface area contributed by atoms with Gasteiger partial charge < -0.3 is 19.5 Å². The van der Waals surface area contributed by atoms with E-state index in [0.717, 1.165) is 55.4 Å². The number of carbonyl (C=O) groups is 1. The summed E-state index contributed by atoms with van der Waals surface area (Å²) in [7, 11) is 1.78. The van der Waals surface area contributed by atoms with Gasteiger partial charge in [-0.25, -0.2) is 9.48 Å². The summed E-state index contributed by atoms with van der Waals surface area (Å²) in [5.74, 6) is 1.87. The van der Waals surface area contributed by atoms with E-state index in [0.29, 0.717) is 45.3 Å². The molecule has 1 aliphatic carbocycles. The molecule has 12 heteroatoms. The topological polar surface area (TPSA) is 111 Å². The molecular weight excluding hydrogens is 565 g/mol. The van der Waals surface area contributed by atoms with Crippen molar-refractivity contribution in [2.45, 2.75) is 69.2 Å². The lowest BCUT2D eigenvalue weighted by Gasteiger charge is -2.38. The highest BCUT2D eigenvalue weighted by Crippen LogP contribution is 2.46. The first kappa shape index (κ1) is 26.4. The van der Waals surface area contributed by atoms with E-state index in [4.69, 9.17) is 32.5 Å². The molecule has 3 aliphatic rings. The van der Waals surface area contributed by atoms with Crippen molar-refractivity contribution in [3.05, 3.63) is 63.8 Å². The Hall–Kier alpha value is -3.47. The number of amides is 2. The maximum atomic E-state index is 13.4. The molecule has 1 N–H and O–H groups in total. The molecule has 2 bridgehead atoms. The molecule has 2 aromatic heterocycles. The zero-order valence-corrected chi connectivity index (χ0v) is 24.0. The highest BCUT2D eigenvalue weighted by Gasteiger charge is 2.44. The Labute approximate surface area is 246 Å². The minimum Gasteiger partial charge on any atom is -0.373 e. The predicted molar refractivity (Wildman–Crippen MR) is 154 cm³/mol. The quantitative estimate of drug-likeness (QED) is 0.261. The SMILES string of the molecule is Cn1nnnc1-c1cccc(NC(=O)N2C3CC[C@H]2CC(OCc2c(-c4c(Cl)cccc4Cl)noc2C2CC2)C3)c1. The largest absolute Gasteiger partial charge is 0.373 e. The van der Waals surface area contributed by atoms with Crippen LogP contribution in [0.1, 0.15) is 55.8 Å². The maximum Gasteiger partial charge on any atom is 0.322 e. The Kier molecular flexibility index (Phi) is 6.92. The summed E-state index contributed by atoms with van der Waals surface area (Å²) in [4.78, 5) is 15.4. The maximum absolute atomic E-state index is 13.4. The molecule has 212 valence electrons. The van der Waals surface area contributed by atoms with Crippen LogP contribution in [-0.2, 0) is 18.4 Å². The summed E-state index contributed by atoms with van der Waals surface area (Å²) in [5, 5.41) is 20.2. The minimum atomic E-state index is -0.0881. The van der Waals surface area contributed by atoms with Crippen molar-refractivity contribution in [3.63, 3.8) is 0 Å². The van der Waals surface area contributed by atoms with E-state index in [9.17, 15) is 4.79 Å². The summed E-state index contributed by atoms with van der Waals surface area (Å²) < 4.78 is 13.9. The molecular formula is C29H29Cl2N7O3. The van der Waals surface area contributed by atoms with Gasteiger partial charge >= 0.3 is 6.03 Å². The van der Waals surface area contributed by atoms with E-state index in [2.05, 4.69) is 26.0 Å². The van der Waals surface area contributed by atoms with E-state index in [1.165, 1.54) is 0 Å². The summed E-state index contributed by atoms with van der Waals surface area (Å²) in [6.07, 6.45) is 5.66. The van der Waals surface area contributed by atoms with E-state index in [1.807, 2.05) is 35.2 Å². The van der Waals surface area contributed by atoms with E-state index in [-0.39, 0.29) is 24.2 Å². The zero-order chi connectivity index (χ0) is 28.1. The molecule has 41 heavy (non-hydrogen) atoms. The molecule has 10 nitrogen and oxygen atoms in total. The number of nitrogens with one attached hydrogen (secondary N) is 1. The number of hydrogen-bond acceptors (Lipinski definition) is 7. The Morgan fingerprint density at radius 3 is 2.49 bits per heavy atom. The number of aromatic nitrogens is 5. The number of nitrogens with zero attached hydrogens (tertiary/aromatic N) is 6. The molecule has 2 aromatic carbocycles. The molecule has 7 rings (SSSR count). The van der Waals surface area contributed by atoms with Gasteiger partial charge in [0.2, 0.25) is 0 Å². The first-order valence-electron chi connectivity index (χ1n) is 13.9. The van der Waals surface area contributed by atoms with Crippen LogP contribution >= 0.6 is 23.2 Å². The van der Waals surface area contributed by atoms with E-state index >= 15 is 0 Å². The third-order valence-electron chi connectivity index (χ3n) is 8.35. The fraction of sp³-hybridized carbons (Fsp3) is 0.414. The molecule has 0 spiro atoms. The molecule has 3 atom stereocenters. The fourth-order valence-corrected chi connectivity index (χ4v) is 6.82. The van der Waals surface area contributed by atoms with Gasteiger partial charge in [-0.1, -0.05) is 46.6 Å². The fourth-order valence-electron chi connectivity index (χ4n) is 6.24. The molecule has 4 heterocycles. The second kappa shape index (κ2) is 10.7. The number of ether oxygens (including phenoxy) is 1. The smallest absolute Gasteiger partial charge is 0.322 e. The van der Waals surface area contributed by atoms with Gasteiger partial charge in [-0.05, 0) is 73.2 Å². The Morgan fingerprint density at radius 1 is 1.07 bits per heavy atom. The number of aryl methyl sites for hydroxylation is 1. The van der Waals surface area contributed by atoms with Crippen molar-refractivity contribution in [1.29, 1.82) is 0 Å². The average Bonchev–Trinajstić information content (AvgIpc) is 3.48. The molecule has 2 unspecified atom stereocenters. The van der Waals surface area contributed by atoms with Crippen molar-refractivity contribution in [2.24, 2.45) is 7.05 Å². The summed E-state index contributed by atoms with van der Waals surface area (Å²) in [5.41, 5.74) is 3.80. The lowest BCUT2D eigenvalue weighted by atomic mass is 9.99.